The molecule has 28 heavy (non-hydrogen) atoms. The van der Waals surface area contributed by atoms with Gasteiger partial charge in [-0.2, -0.15) is 0 Å². The number of aliphatic hydroxyl groups excluding tert-OH is 1. The van der Waals surface area contributed by atoms with Crippen molar-refractivity contribution in [1.29, 1.82) is 0 Å². The zero-order valence-corrected chi connectivity index (χ0v) is 18.1. The van der Waals surface area contributed by atoms with Crippen molar-refractivity contribution < 1.29 is 24.7 Å². The summed E-state index contributed by atoms with van der Waals surface area (Å²) in [5.74, 6) is -1.01. The Hall–Kier alpha value is -1.14. The van der Waals surface area contributed by atoms with Gasteiger partial charge >= 0.3 is 0 Å². The third kappa shape index (κ3) is 19.6. The minimum atomic E-state index is -1.08. The summed E-state index contributed by atoms with van der Waals surface area (Å²) in [6.45, 7) is 4.30. The zero-order valence-electron chi connectivity index (χ0n) is 18.1. The molecule has 0 aromatic carbocycles. The highest BCUT2D eigenvalue weighted by atomic mass is 16.4. The first-order chi connectivity index (χ1) is 13.6. The number of hydrogen-bond donors (Lipinski definition) is 3. The number of rotatable bonds is 21. The van der Waals surface area contributed by atoms with Gasteiger partial charge in [0.2, 0.25) is 5.91 Å². The molecule has 6 heteroatoms. The highest BCUT2D eigenvalue weighted by Crippen LogP contribution is 2.12. The van der Waals surface area contributed by atoms with E-state index in [0.717, 1.165) is 17.7 Å². The first-order valence-electron chi connectivity index (χ1n) is 11.5. The van der Waals surface area contributed by atoms with E-state index >= 15 is 0 Å². The van der Waals surface area contributed by atoms with Crippen molar-refractivity contribution in [3.63, 3.8) is 0 Å². The molecule has 0 spiro atoms. The van der Waals surface area contributed by atoms with E-state index in [2.05, 4.69) is 12.2 Å². The standard InChI is InChI=1S/C22H44N2O4/c1-2-3-4-5-6-7-8-9-10-11-12-13-14-21(26)23-16-18-24(19-20-25)17-15-22(27)28/h25H,2-20H2,1H3,(H,23,26)(H,27,28). The summed E-state index contributed by atoms with van der Waals surface area (Å²) >= 11 is 0. The molecule has 166 valence electrons. The van der Waals surface area contributed by atoms with E-state index in [1.165, 1.54) is 64.2 Å². The molecule has 0 rings (SSSR count). The molecule has 0 aliphatic heterocycles. The molecule has 1 unspecified atom stereocenters. The molecule has 0 aromatic rings. The molecular formula is C22H44N2O4. The highest BCUT2D eigenvalue weighted by Gasteiger charge is 2.08. The second-order valence-electron chi connectivity index (χ2n) is 7.83. The molecule has 0 saturated carbocycles. The molecule has 0 aliphatic carbocycles. The molecule has 0 bridgehead atoms. The molecule has 0 radical (unpaired) electrons. The maximum Gasteiger partial charge on any atom is 0.220 e. The third-order valence-corrected chi connectivity index (χ3v) is 5.21. The summed E-state index contributed by atoms with van der Waals surface area (Å²) in [5.41, 5.74) is 0. The van der Waals surface area contributed by atoms with Crippen LogP contribution < -0.4 is 15.3 Å². The summed E-state index contributed by atoms with van der Waals surface area (Å²) in [6, 6.07) is 0. The van der Waals surface area contributed by atoms with E-state index in [0.29, 0.717) is 32.6 Å². The number of aliphatic hydroxyl groups is 1. The quantitative estimate of drug-likeness (QED) is 0.253. The fourth-order valence-corrected chi connectivity index (χ4v) is 3.41. The lowest BCUT2D eigenvalue weighted by Crippen LogP contribution is -3.13. The summed E-state index contributed by atoms with van der Waals surface area (Å²) in [4.78, 5) is 23.4. The smallest absolute Gasteiger partial charge is 0.220 e. The minimum absolute atomic E-state index is 0.00911. The topological polar surface area (TPSA) is 93.9 Å². The summed E-state index contributed by atoms with van der Waals surface area (Å²) < 4.78 is 0. The van der Waals surface area contributed by atoms with Crippen LogP contribution in [0, 0.1) is 0 Å². The Balaban J connectivity index is 3.45. The van der Waals surface area contributed by atoms with Crippen LogP contribution in [-0.4, -0.2) is 49.8 Å². The molecule has 0 aromatic heterocycles. The SMILES string of the molecule is CCCCCCCCCCCCCCC(=O)NCC[NH+](CCO)CCC(=O)[O-]. The fourth-order valence-electron chi connectivity index (χ4n) is 3.41. The van der Waals surface area contributed by atoms with Crippen molar-refractivity contribution >= 4 is 11.9 Å². The van der Waals surface area contributed by atoms with Crippen molar-refractivity contribution in [3.8, 4) is 0 Å². The lowest BCUT2D eigenvalue weighted by molar-refractivity contribution is -0.898. The molecule has 6 nitrogen and oxygen atoms in total. The van der Waals surface area contributed by atoms with Gasteiger partial charge in [-0.1, -0.05) is 77.6 Å². The van der Waals surface area contributed by atoms with Crippen LogP contribution in [0.1, 0.15) is 96.8 Å². The molecule has 0 aliphatic rings. The fraction of sp³-hybridized carbons (Fsp3) is 0.909. The number of carboxylic acid groups (broad SMARTS) is 1. The van der Waals surface area contributed by atoms with Gasteiger partial charge in [0, 0.05) is 18.8 Å². The van der Waals surface area contributed by atoms with Crippen molar-refractivity contribution in [2.75, 3.05) is 32.8 Å². The number of amides is 1. The van der Waals surface area contributed by atoms with Crippen molar-refractivity contribution in [1.82, 2.24) is 5.32 Å². The lowest BCUT2D eigenvalue weighted by Gasteiger charge is -2.19. The molecule has 1 amide bonds. The van der Waals surface area contributed by atoms with Gasteiger partial charge in [-0.3, -0.25) is 4.79 Å². The Bertz CT molecular complexity index is 378. The maximum atomic E-state index is 11.9. The monoisotopic (exact) mass is 400 g/mol. The van der Waals surface area contributed by atoms with Gasteiger partial charge in [0.15, 0.2) is 0 Å². The number of aliphatic carboxylic acids is 1. The average Bonchev–Trinajstić information content (AvgIpc) is 2.67. The minimum Gasteiger partial charge on any atom is -0.550 e. The van der Waals surface area contributed by atoms with Gasteiger partial charge in [0.1, 0.15) is 6.54 Å². The number of quaternary nitrogens is 1. The van der Waals surface area contributed by atoms with Crippen LogP contribution in [0.15, 0.2) is 0 Å². The van der Waals surface area contributed by atoms with Crippen LogP contribution in [0.5, 0.6) is 0 Å². The Morgan fingerprint density at radius 2 is 1.32 bits per heavy atom. The Labute approximate surface area is 172 Å². The molecule has 1 atom stereocenters. The number of carbonyl (C=O) groups excluding carboxylic acids is 2. The Morgan fingerprint density at radius 3 is 1.82 bits per heavy atom. The molecule has 3 N–H and O–H groups in total. The van der Waals surface area contributed by atoms with Crippen molar-refractivity contribution in [2.45, 2.75) is 96.8 Å². The van der Waals surface area contributed by atoms with Gasteiger partial charge in [-0.15, -0.1) is 0 Å². The lowest BCUT2D eigenvalue weighted by atomic mass is 10.0. The van der Waals surface area contributed by atoms with Crippen LogP contribution in [0.25, 0.3) is 0 Å². The van der Waals surface area contributed by atoms with Crippen molar-refractivity contribution in [3.05, 3.63) is 0 Å². The van der Waals surface area contributed by atoms with Gasteiger partial charge in [0.05, 0.1) is 26.2 Å². The molecule has 0 saturated heterocycles. The number of nitrogens with one attached hydrogen (secondary N) is 2. The van der Waals surface area contributed by atoms with Crippen LogP contribution in [0.3, 0.4) is 0 Å². The number of unbranched alkanes of at least 4 members (excludes halogenated alkanes) is 11. The Morgan fingerprint density at radius 1 is 0.786 bits per heavy atom. The van der Waals surface area contributed by atoms with Crippen LogP contribution >= 0.6 is 0 Å². The van der Waals surface area contributed by atoms with Gasteiger partial charge in [-0.25, -0.2) is 0 Å². The van der Waals surface area contributed by atoms with Crippen LogP contribution in [0.2, 0.25) is 0 Å². The van der Waals surface area contributed by atoms with Crippen molar-refractivity contribution in [2.24, 2.45) is 0 Å². The van der Waals surface area contributed by atoms with E-state index in [9.17, 15) is 14.7 Å². The first kappa shape index (κ1) is 26.9. The second-order valence-corrected chi connectivity index (χ2v) is 7.83. The zero-order chi connectivity index (χ0) is 20.9. The van der Waals surface area contributed by atoms with E-state index in [-0.39, 0.29) is 18.9 Å². The summed E-state index contributed by atoms with van der Waals surface area (Å²) in [7, 11) is 0. The van der Waals surface area contributed by atoms with Gasteiger partial charge < -0.3 is 25.2 Å². The maximum absolute atomic E-state index is 11.9. The third-order valence-electron chi connectivity index (χ3n) is 5.21. The Kier molecular flexibility index (Phi) is 19.8. The predicted octanol–water partition coefficient (Wildman–Crippen LogP) is 1.21. The normalized spacial score (nSPS) is 12.1. The van der Waals surface area contributed by atoms with E-state index in [4.69, 9.17) is 5.11 Å². The number of carboxylic acids is 1. The van der Waals surface area contributed by atoms with Gasteiger partial charge in [-0.05, 0) is 6.42 Å². The number of hydrogen-bond acceptors (Lipinski definition) is 4. The highest BCUT2D eigenvalue weighted by molar-refractivity contribution is 5.75. The number of carbonyl (C=O) groups is 2. The molecule has 0 fully saturated rings. The molecule has 0 heterocycles. The van der Waals surface area contributed by atoms with Crippen LogP contribution in [-0.2, 0) is 9.59 Å². The molecular weight excluding hydrogens is 356 g/mol. The van der Waals surface area contributed by atoms with Gasteiger partial charge in [0.25, 0.3) is 0 Å². The summed E-state index contributed by atoms with van der Waals surface area (Å²) in [6.07, 6.45) is 15.9. The average molecular weight is 401 g/mol. The summed E-state index contributed by atoms with van der Waals surface area (Å²) in [5, 5.41) is 22.4. The largest absolute Gasteiger partial charge is 0.550 e. The van der Waals surface area contributed by atoms with Crippen LogP contribution in [0.4, 0.5) is 0 Å². The van der Waals surface area contributed by atoms with E-state index in [1.54, 1.807) is 0 Å². The second kappa shape index (κ2) is 20.6. The predicted molar refractivity (Wildman–Crippen MR) is 111 cm³/mol. The first-order valence-corrected chi connectivity index (χ1v) is 11.5. The van der Waals surface area contributed by atoms with E-state index < -0.39 is 5.97 Å². The van der Waals surface area contributed by atoms with E-state index in [1.807, 2.05) is 0 Å².